The molecule has 0 saturated carbocycles. The van der Waals surface area contributed by atoms with Crippen molar-refractivity contribution in [2.45, 2.75) is 17.4 Å². The summed E-state index contributed by atoms with van der Waals surface area (Å²) in [5.41, 5.74) is 2.18. The van der Waals surface area contributed by atoms with Gasteiger partial charge in [-0.2, -0.15) is 0 Å². The number of ketones is 1. The summed E-state index contributed by atoms with van der Waals surface area (Å²) in [6.07, 6.45) is 1.72. The number of rotatable bonds is 5. The highest BCUT2D eigenvalue weighted by atomic mass is 32.2. The molecule has 7 heteroatoms. The molecular formula is C19H14FN3O2S. The summed E-state index contributed by atoms with van der Waals surface area (Å²) < 4.78 is 18.6. The lowest BCUT2D eigenvalue weighted by Gasteiger charge is -2.06. The first kappa shape index (κ1) is 16.5. The van der Waals surface area contributed by atoms with E-state index in [-0.39, 0.29) is 11.6 Å². The molecule has 0 unspecified atom stereocenters. The molecule has 4 aromatic rings. The van der Waals surface area contributed by atoms with Crippen molar-refractivity contribution in [1.82, 2.24) is 15.2 Å². The zero-order valence-electron chi connectivity index (χ0n) is 13.8. The predicted octanol–water partition coefficient (Wildman–Crippen LogP) is 4.72. The van der Waals surface area contributed by atoms with Gasteiger partial charge < -0.3 is 9.40 Å². The van der Waals surface area contributed by atoms with Gasteiger partial charge in [-0.1, -0.05) is 30.0 Å². The van der Waals surface area contributed by atoms with Gasteiger partial charge >= 0.3 is 0 Å². The number of thioether (sulfide) groups is 1. The molecule has 0 aliphatic carbocycles. The number of para-hydroxylation sites is 1. The Morgan fingerprint density at radius 2 is 1.92 bits per heavy atom. The van der Waals surface area contributed by atoms with E-state index in [4.69, 9.17) is 4.42 Å². The highest BCUT2D eigenvalue weighted by molar-refractivity contribution is 8.00. The van der Waals surface area contributed by atoms with Crippen molar-refractivity contribution in [3.8, 4) is 11.5 Å². The van der Waals surface area contributed by atoms with E-state index in [1.165, 1.54) is 23.9 Å². The molecule has 130 valence electrons. The molecule has 0 amide bonds. The summed E-state index contributed by atoms with van der Waals surface area (Å²) in [5, 5.41) is 8.73. The summed E-state index contributed by atoms with van der Waals surface area (Å²) in [6.45, 7) is 1.80. The first-order valence-electron chi connectivity index (χ1n) is 7.98. The lowest BCUT2D eigenvalue weighted by atomic mass is 10.1. The number of H-pyrrole nitrogens is 1. The lowest BCUT2D eigenvalue weighted by Crippen LogP contribution is -2.13. The fraction of sp³-hybridized carbons (Fsp3) is 0.105. The minimum absolute atomic E-state index is 0.0195. The number of nitrogens with one attached hydrogen (secondary N) is 1. The van der Waals surface area contributed by atoms with Crippen LogP contribution >= 0.6 is 11.8 Å². The Hall–Kier alpha value is -2.93. The van der Waals surface area contributed by atoms with Crippen LogP contribution in [-0.4, -0.2) is 26.2 Å². The van der Waals surface area contributed by atoms with Crippen LogP contribution in [0, 0.1) is 5.82 Å². The van der Waals surface area contributed by atoms with Gasteiger partial charge in [0.15, 0.2) is 5.78 Å². The molecule has 0 radical (unpaired) electrons. The second-order valence-electron chi connectivity index (χ2n) is 5.75. The smallest absolute Gasteiger partial charge is 0.277 e. The van der Waals surface area contributed by atoms with Gasteiger partial charge in [0.05, 0.1) is 5.25 Å². The molecule has 0 saturated heterocycles. The Morgan fingerprint density at radius 3 is 2.73 bits per heavy atom. The number of hydrogen-bond acceptors (Lipinski definition) is 5. The topological polar surface area (TPSA) is 71.8 Å². The number of Topliss-reactive ketones (excluding diaryl/α,β-unsaturated/α-hetero) is 1. The van der Waals surface area contributed by atoms with Gasteiger partial charge in [-0.15, -0.1) is 10.2 Å². The highest BCUT2D eigenvalue weighted by Gasteiger charge is 2.22. The van der Waals surface area contributed by atoms with E-state index in [1.54, 1.807) is 25.3 Å². The molecule has 1 atom stereocenters. The molecule has 0 aliphatic rings. The fourth-order valence-corrected chi connectivity index (χ4v) is 3.42. The zero-order chi connectivity index (χ0) is 18.1. The van der Waals surface area contributed by atoms with E-state index in [1.807, 2.05) is 24.3 Å². The van der Waals surface area contributed by atoms with Gasteiger partial charge in [-0.05, 0) is 37.3 Å². The van der Waals surface area contributed by atoms with E-state index in [0.717, 1.165) is 10.9 Å². The molecule has 0 spiro atoms. The van der Waals surface area contributed by atoms with Crippen LogP contribution in [0.2, 0.25) is 0 Å². The van der Waals surface area contributed by atoms with Crippen LogP contribution in [0.4, 0.5) is 4.39 Å². The average Bonchev–Trinajstić information content (AvgIpc) is 3.29. The number of carbonyl (C=O) groups is 1. The number of benzene rings is 2. The second-order valence-corrected chi connectivity index (χ2v) is 7.04. The molecule has 0 aliphatic heterocycles. The number of fused-ring (bicyclic) bond motifs is 1. The average molecular weight is 367 g/mol. The fourth-order valence-electron chi connectivity index (χ4n) is 2.67. The standard InChI is InChI=1S/C19H14FN3O2S/c1-11(17(24)15-10-21-16-5-3-2-4-14(15)16)26-19-23-22-18(25-19)12-6-8-13(20)9-7-12/h2-11,21H,1H3/t11-/m0/s1. The van der Waals surface area contributed by atoms with Crippen molar-refractivity contribution in [2.75, 3.05) is 0 Å². The van der Waals surface area contributed by atoms with Gasteiger partial charge in [0.25, 0.3) is 5.22 Å². The first-order valence-corrected chi connectivity index (χ1v) is 8.86. The summed E-state index contributed by atoms with van der Waals surface area (Å²) in [5.74, 6) is -0.0611. The van der Waals surface area contributed by atoms with E-state index >= 15 is 0 Å². The van der Waals surface area contributed by atoms with Crippen molar-refractivity contribution in [1.29, 1.82) is 0 Å². The number of aromatic amines is 1. The Kier molecular flexibility index (Phi) is 4.30. The van der Waals surface area contributed by atoms with Gasteiger partial charge in [0.2, 0.25) is 5.89 Å². The van der Waals surface area contributed by atoms with E-state index in [2.05, 4.69) is 15.2 Å². The Balaban J connectivity index is 1.52. The van der Waals surface area contributed by atoms with Crippen molar-refractivity contribution in [2.24, 2.45) is 0 Å². The number of carbonyl (C=O) groups excluding carboxylic acids is 1. The summed E-state index contributed by atoms with van der Waals surface area (Å²) in [7, 11) is 0. The molecule has 26 heavy (non-hydrogen) atoms. The van der Waals surface area contributed by atoms with Crippen LogP contribution in [-0.2, 0) is 0 Å². The largest absolute Gasteiger partial charge is 0.411 e. The number of nitrogens with zero attached hydrogens (tertiary/aromatic N) is 2. The summed E-state index contributed by atoms with van der Waals surface area (Å²) >= 11 is 1.20. The molecule has 2 aromatic carbocycles. The van der Waals surface area contributed by atoms with Gasteiger partial charge in [0, 0.05) is 28.2 Å². The molecule has 4 rings (SSSR count). The Morgan fingerprint density at radius 1 is 1.15 bits per heavy atom. The summed E-state index contributed by atoms with van der Waals surface area (Å²) in [4.78, 5) is 15.9. The van der Waals surface area contributed by atoms with E-state index in [9.17, 15) is 9.18 Å². The number of hydrogen-bond donors (Lipinski definition) is 1. The van der Waals surface area contributed by atoms with Crippen molar-refractivity contribution in [3.63, 3.8) is 0 Å². The SMILES string of the molecule is C[C@H](Sc1nnc(-c2ccc(F)cc2)o1)C(=O)c1c[nH]c2ccccc12. The van der Waals surface area contributed by atoms with Crippen LogP contribution in [0.15, 0.2) is 64.4 Å². The van der Waals surface area contributed by atoms with Crippen molar-refractivity contribution < 1.29 is 13.6 Å². The monoisotopic (exact) mass is 367 g/mol. The van der Waals surface area contributed by atoms with Crippen LogP contribution in [0.5, 0.6) is 0 Å². The second kappa shape index (κ2) is 6.76. The third kappa shape index (κ3) is 3.13. The van der Waals surface area contributed by atoms with E-state index in [0.29, 0.717) is 22.2 Å². The Bertz CT molecular complexity index is 1070. The third-order valence-corrected chi connectivity index (χ3v) is 4.93. The molecule has 0 bridgehead atoms. The molecular weight excluding hydrogens is 353 g/mol. The summed E-state index contributed by atoms with van der Waals surface area (Å²) in [6, 6.07) is 13.5. The maximum absolute atomic E-state index is 13.0. The lowest BCUT2D eigenvalue weighted by molar-refractivity contribution is 0.0995. The van der Waals surface area contributed by atoms with Crippen LogP contribution in [0.25, 0.3) is 22.4 Å². The normalized spacial score (nSPS) is 12.4. The van der Waals surface area contributed by atoms with Crippen LogP contribution in [0.3, 0.4) is 0 Å². The third-order valence-electron chi connectivity index (χ3n) is 4.00. The van der Waals surface area contributed by atoms with Crippen LogP contribution in [0.1, 0.15) is 17.3 Å². The molecule has 2 heterocycles. The number of aromatic nitrogens is 3. The van der Waals surface area contributed by atoms with Gasteiger partial charge in [-0.25, -0.2) is 4.39 Å². The Labute approximate surface area is 152 Å². The maximum atomic E-state index is 13.0. The highest BCUT2D eigenvalue weighted by Crippen LogP contribution is 2.29. The molecule has 1 N–H and O–H groups in total. The molecule has 0 fully saturated rings. The predicted molar refractivity (Wildman–Crippen MR) is 97.6 cm³/mol. The quantitative estimate of drug-likeness (QED) is 0.408. The van der Waals surface area contributed by atoms with Crippen LogP contribution < -0.4 is 0 Å². The first-order chi connectivity index (χ1) is 12.6. The minimum atomic E-state index is -0.393. The number of halogens is 1. The van der Waals surface area contributed by atoms with Gasteiger partial charge in [0.1, 0.15) is 5.82 Å². The molecule has 2 aromatic heterocycles. The van der Waals surface area contributed by atoms with Crippen molar-refractivity contribution >= 4 is 28.4 Å². The van der Waals surface area contributed by atoms with Crippen molar-refractivity contribution in [3.05, 3.63) is 66.1 Å². The zero-order valence-corrected chi connectivity index (χ0v) is 14.6. The van der Waals surface area contributed by atoms with E-state index < -0.39 is 5.25 Å². The van der Waals surface area contributed by atoms with Gasteiger partial charge in [-0.3, -0.25) is 4.79 Å². The molecule has 5 nitrogen and oxygen atoms in total. The minimum Gasteiger partial charge on any atom is -0.411 e. The maximum Gasteiger partial charge on any atom is 0.277 e.